The molecule has 5 heteroatoms. The number of hydrogen-bond donors (Lipinski definition) is 2. The highest BCUT2D eigenvalue weighted by Gasteiger charge is 2.30. The second kappa shape index (κ2) is 4.94. The van der Waals surface area contributed by atoms with E-state index in [9.17, 15) is 9.18 Å². The molecule has 1 amide bonds. The van der Waals surface area contributed by atoms with Crippen LogP contribution in [-0.2, 0) is 0 Å². The van der Waals surface area contributed by atoms with Gasteiger partial charge in [0.2, 0.25) is 0 Å². The van der Waals surface area contributed by atoms with Crippen molar-refractivity contribution in [3.63, 3.8) is 0 Å². The average molecular weight is 252 g/mol. The van der Waals surface area contributed by atoms with Gasteiger partial charge in [0.1, 0.15) is 5.82 Å². The monoisotopic (exact) mass is 252 g/mol. The Morgan fingerprint density at radius 3 is 2.89 bits per heavy atom. The van der Waals surface area contributed by atoms with Crippen LogP contribution in [0, 0.1) is 12.7 Å². The fourth-order valence-corrected chi connectivity index (χ4v) is 2.34. The lowest BCUT2D eigenvalue weighted by atomic mass is 9.86. The molecule has 0 unspecified atom stereocenters. The lowest BCUT2D eigenvalue weighted by Crippen LogP contribution is -2.47. The standard InChI is InChI=1S/C13H17FN2O2/c1-8-2-3-9(6-11(8)14)10-7-16(13(17)18)5-4-12(10)15/h2-3,6,10,12H,4-5,7,15H2,1H3,(H,17,18)/t10-,12+/m0/s1. The number of amides is 1. The van der Waals surface area contributed by atoms with Gasteiger partial charge in [-0.05, 0) is 30.5 Å². The fraction of sp³-hybridized carbons (Fsp3) is 0.462. The molecule has 0 saturated carbocycles. The van der Waals surface area contributed by atoms with E-state index in [1.807, 2.05) is 6.07 Å². The van der Waals surface area contributed by atoms with Crippen LogP contribution in [0.5, 0.6) is 0 Å². The number of aryl methyl sites for hydroxylation is 1. The first kappa shape index (κ1) is 12.8. The molecule has 0 spiro atoms. The summed E-state index contributed by atoms with van der Waals surface area (Å²) in [6.07, 6.45) is -0.341. The molecule has 1 aliphatic rings. The van der Waals surface area contributed by atoms with Crippen LogP contribution in [0.3, 0.4) is 0 Å². The summed E-state index contributed by atoms with van der Waals surface area (Å²) < 4.78 is 13.5. The summed E-state index contributed by atoms with van der Waals surface area (Å²) in [5.41, 5.74) is 7.38. The fourth-order valence-electron chi connectivity index (χ4n) is 2.34. The van der Waals surface area contributed by atoms with Gasteiger partial charge in [-0.25, -0.2) is 9.18 Å². The van der Waals surface area contributed by atoms with Crippen LogP contribution in [0.1, 0.15) is 23.5 Å². The zero-order chi connectivity index (χ0) is 13.3. The molecule has 2 rings (SSSR count). The van der Waals surface area contributed by atoms with Crippen molar-refractivity contribution in [1.29, 1.82) is 0 Å². The minimum atomic E-state index is -0.945. The van der Waals surface area contributed by atoms with Crippen LogP contribution in [0.25, 0.3) is 0 Å². The van der Waals surface area contributed by atoms with Crippen molar-refractivity contribution in [3.05, 3.63) is 35.1 Å². The molecular formula is C13H17FN2O2. The summed E-state index contributed by atoms with van der Waals surface area (Å²) in [7, 11) is 0. The number of nitrogens with zero attached hydrogens (tertiary/aromatic N) is 1. The third-order valence-electron chi connectivity index (χ3n) is 3.56. The van der Waals surface area contributed by atoms with E-state index in [2.05, 4.69) is 0 Å². The molecule has 0 radical (unpaired) electrons. The van der Waals surface area contributed by atoms with Crippen molar-refractivity contribution in [2.24, 2.45) is 5.73 Å². The van der Waals surface area contributed by atoms with Crippen molar-refractivity contribution >= 4 is 6.09 Å². The summed E-state index contributed by atoms with van der Waals surface area (Å²) in [5, 5.41) is 9.00. The lowest BCUT2D eigenvalue weighted by molar-refractivity contribution is 0.126. The van der Waals surface area contributed by atoms with Gasteiger partial charge in [0.05, 0.1) is 0 Å². The van der Waals surface area contributed by atoms with Gasteiger partial charge in [-0.15, -0.1) is 0 Å². The van der Waals surface area contributed by atoms with E-state index >= 15 is 0 Å². The number of carbonyl (C=O) groups is 1. The highest BCUT2D eigenvalue weighted by molar-refractivity contribution is 5.65. The Morgan fingerprint density at radius 2 is 2.28 bits per heavy atom. The van der Waals surface area contributed by atoms with Crippen LogP contribution in [-0.4, -0.2) is 35.2 Å². The molecule has 0 aliphatic carbocycles. The van der Waals surface area contributed by atoms with Crippen molar-refractivity contribution in [2.75, 3.05) is 13.1 Å². The highest BCUT2D eigenvalue weighted by Crippen LogP contribution is 2.27. The van der Waals surface area contributed by atoms with Crippen LogP contribution in [0.15, 0.2) is 18.2 Å². The largest absolute Gasteiger partial charge is 0.465 e. The van der Waals surface area contributed by atoms with Gasteiger partial charge in [-0.2, -0.15) is 0 Å². The molecular weight excluding hydrogens is 235 g/mol. The summed E-state index contributed by atoms with van der Waals surface area (Å²) in [6, 6.07) is 4.87. The Kier molecular flexibility index (Phi) is 3.52. The molecule has 2 atom stereocenters. The third kappa shape index (κ3) is 2.46. The van der Waals surface area contributed by atoms with Gasteiger partial charge in [-0.3, -0.25) is 0 Å². The summed E-state index contributed by atoms with van der Waals surface area (Å²) in [5.74, 6) is -0.405. The first-order valence-corrected chi connectivity index (χ1v) is 5.98. The Labute approximate surface area is 105 Å². The molecule has 4 nitrogen and oxygen atoms in total. The number of carboxylic acid groups (broad SMARTS) is 1. The quantitative estimate of drug-likeness (QED) is 0.802. The number of nitrogens with two attached hydrogens (primary N) is 1. The highest BCUT2D eigenvalue weighted by atomic mass is 19.1. The van der Waals surface area contributed by atoms with Gasteiger partial charge >= 0.3 is 6.09 Å². The summed E-state index contributed by atoms with van der Waals surface area (Å²) in [6.45, 7) is 2.48. The average Bonchev–Trinajstić information content (AvgIpc) is 2.33. The minimum Gasteiger partial charge on any atom is -0.465 e. The Bertz CT molecular complexity index is 464. The normalized spacial score (nSPS) is 24.1. The molecule has 1 aromatic rings. The topological polar surface area (TPSA) is 66.6 Å². The van der Waals surface area contributed by atoms with Gasteiger partial charge in [0, 0.05) is 25.0 Å². The Hall–Kier alpha value is -1.62. The summed E-state index contributed by atoms with van der Waals surface area (Å²) in [4.78, 5) is 12.3. The zero-order valence-electron chi connectivity index (χ0n) is 10.3. The number of benzene rings is 1. The van der Waals surface area contributed by atoms with Gasteiger partial charge in [0.15, 0.2) is 0 Å². The number of likely N-dealkylation sites (tertiary alicyclic amines) is 1. The molecule has 1 saturated heterocycles. The van der Waals surface area contributed by atoms with Crippen molar-refractivity contribution in [1.82, 2.24) is 4.90 Å². The van der Waals surface area contributed by atoms with Crippen LogP contribution in [0.2, 0.25) is 0 Å². The molecule has 0 aromatic heterocycles. The van der Waals surface area contributed by atoms with E-state index in [4.69, 9.17) is 10.8 Å². The molecule has 98 valence electrons. The van der Waals surface area contributed by atoms with Crippen molar-refractivity contribution < 1.29 is 14.3 Å². The van der Waals surface area contributed by atoms with Crippen LogP contribution < -0.4 is 5.73 Å². The number of hydrogen-bond acceptors (Lipinski definition) is 2. The van der Waals surface area contributed by atoms with Crippen LogP contribution >= 0.6 is 0 Å². The number of rotatable bonds is 1. The first-order valence-electron chi connectivity index (χ1n) is 5.98. The van der Waals surface area contributed by atoms with E-state index in [0.29, 0.717) is 25.1 Å². The van der Waals surface area contributed by atoms with Gasteiger partial charge in [0.25, 0.3) is 0 Å². The number of halogens is 1. The predicted molar refractivity (Wildman–Crippen MR) is 66.1 cm³/mol. The maximum atomic E-state index is 13.5. The van der Waals surface area contributed by atoms with E-state index in [1.165, 1.54) is 11.0 Å². The molecule has 1 aromatic carbocycles. The predicted octanol–water partition coefficient (Wildman–Crippen LogP) is 1.93. The minimum absolute atomic E-state index is 0.122. The third-order valence-corrected chi connectivity index (χ3v) is 3.56. The molecule has 1 heterocycles. The number of piperidine rings is 1. The molecule has 1 aliphatic heterocycles. The van der Waals surface area contributed by atoms with Gasteiger partial charge in [-0.1, -0.05) is 12.1 Å². The second-order valence-electron chi connectivity index (χ2n) is 4.80. The van der Waals surface area contributed by atoms with Crippen molar-refractivity contribution in [3.8, 4) is 0 Å². The maximum absolute atomic E-state index is 13.5. The maximum Gasteiger partial charge on any atom is 0.407 e. The SMILES string of the molecule is Cc1ccc([C@@H]2CN(C(=O)O)CC[C@H]2N)cc1F. The molecule has 1 fully saturated rings. The molecule has 3 N–H and O–H groups in total. The molecule has 0 bridgehead atoms. The van der Waals surface area contributed by atoms with E-state index in [-0.39, 0.29) is 17.8 Å². The Morgan fingerprint density at radius 1 is 1.56 bits per heavy atom. The smallest absolute Gasteiger partial charge is 0.407 e. The van der Waals surface area contributed by atoms with E-state index in [1.54, 1.807) is 13.0 Å². The van der Waals surface area contributed by atoms with E-state index in [0.717, 1.165) is 5.56 Å². The van der Waals surface area contributed by atoms with Gasteiger partial charge < -0.3 is 15.7 Å². The Balaban J connectivity index is 2.24. The second-order valence-corrected chi connectivity index (χ2v) is 4.80. The first-order chi connectivity index (χ1) is 8.49. The van der Waals surface area contributed by atoms with Crippen LogP contribution in [0.4, 0.5) is 9.18 Å². The van der Waals surface area contributed by atoms with E-state index < -0.39 is 6.09 Å². The zero-order valence-corrected chi connectivity index (χ0v) is 10.3. The summed E-state index contributed by atoms with van der Waals surface area (Å²) >= 11 is 0. The molecule has 18 heavy (non-hydrogen) atoms. The van der Waals surface area contributed by atoms with Crippen molar-refractivity contribution in [2.45, 2.75) is 25.3 Å². The lowest BCUT2D eigenvalue weighted by Gasteiger charge is -2.35.